The Bertz CT molecular complexity index is 1560. The third-order valence-electron chi connectivity index (χ3n) is 10.1. The van der Waals surface area contributed by atoms with Crippen LogP contribution in [0.15, 0.2) is 72.8 Å². The van der Waals surface area contributed by atoms with E-state index < -0.39 is 0 Å². The van der Waals surface area contributed by atoms with Gasteiger partial charge in [0.1, 0.15) is 0 Å². The Kier molecular flexibility index (Phi) is 2.81. The maximum absolute atomic E-state index is 2.56. The molecule has 3 unspecified atom stereocenters. The molecule has 10 rings (SSSR count). The highest BCUT2D eigenvalue weighted by Gasteiger charge is 2.60. The Labute approximate surface area is 188 Å². The fourth-order valence-corrected chi connectivity index (χ4v) is 9.48. The van der Waals surface area contributed by atoms with E-state index in [4.69, 9.17) is 0 Å². The number of hydrogen-bond acceptors (Lipinski definition) is 0. The van der Waals surface area contributed by atoms with Gasteiger partial charge in [-0.15, -0.1) is 0 Å². The minimum absolute atomic E-state index is 0.376. The van der Waals surface area contributed by atoms with E-state index in [1.54, 1.807) is 16.5 Å². The predicted molar refractivity (Wildman–Crippen MR) is 134 cm³/mol. The monoisotopic (exact) mass is 410 g/mol. The van der Waals surface area contributed by atoms with E-state index >= 15 is 0 Å². The van der Waals surface area contributed by atoms with Gasteiger partial charge in [-0.2, -0.15) is 0 Å². The van der Waals surface area contributed by atoms with Crippen molar-refractivity contribution in [2.45, 2.75) is 43.4 Å². The summed E-state index contributed by atoms with van der Waals surface area (Å²) in [6.07, 6.45) is 7.27. The van der Waals surface area contributed by atoms with Crippen LogP contribution in [0.25, 0.3) is 43.4 Å². The van der Waals surface area contributed by atoms with Crippen molar-refractivity contribution in [1.29, 1.82) is 0 Å². The summed E-state index contributed by atoms with van der Waals surface area (Å²) in [5.41, 5.74) is 6.84. The number of hydrogen-bond donors (Lipinski definition) is 0. The van der Waals surface area contributed by atoms with Gasteiger partial charge in [0.2, 0.25) is 0 Å². The van der Waals surface area contributed by atoms with Crippen LogP contribution in [0.3, 0.4) is 0 Å². The molecule has 5 aromatic rings. The van der Waals surface area contributed by atoms with Crippen LogP contribution in [-0.4, -0.2) is 0 Å². The standard InChI is InChI=1S/C32H26/c1-2-7-27-24(6-1)26-15-22-9-8-20-4-3-5-21-10-11-25(29(22)28(20)21)30(26)31-23-13-18-12-19(14-23)17-32(27,31)16-18/h1-11,15,18-19,23,31H,12-14,16-17H2. The van der Waals surface area contributed by atoms with Crippen molar-refractivity contribution in [2.75, 3.05) is 0 Å². The summed E-state index contributed by atoms with van der Waals surface area (Å²) in [6, 6.07) is 28.4. The Morgan fingerprint density at radius 1 is 0.625 bits per heavy atom. The summed E-state index contributed by atoms with van der Waals surface area (Å²) >= 11 is 0. The lowest BCUT2D eigenvalue weighted by Gasteiger charge is -2.64. The molecular formula is C32H26. The van der Waals surface area contributed by atoms with Gasteiger partial charge >= 0.3 is 0 Å². The topological polar surface area (TPSA) is 0 Å². The third-order valence-corrected chi connectivity index (χ3v) is 10.1. The molecule has 4 fully saturated rings. The smallest absolute Gasteiger partial charge is 0.00361 e. The van der Waals surface area contributed by atoms with E-state index in [1.165, 1.54) is 70.2 Å². The normalized spacial score (nSPS) is 31.9. The summed E-state index contributed by atoms with van der Waals surface area (Å²) in [7, 11) is 0. The molecule has 5 aromatic carbocycles. The minimum atomic E-state index is 0.376. The van der Waals surface area contributed by atoms with E-state index in [0.29, 0.717) is 11.3 Å². The minimum Gasteiger partial charge on any atom is -0.0619 e. The van der Waals surface area contributed by atoms with Crippen molar-refractivity contribution in [3.63, 3.8) is 0 Å². The molecule has 0 aromatic heterocycles. The zero-order chi connectivity index (χ0) is 20.6. The molecule has 0 saturated heterocycles. The van der Waals surface area contributed by atoms with Crippen molar-refractivity contribution in [1.82, 2.24) is 0 Å². The average Bonchev–Trinajstić information content (AvgIpc) is 2.82. The highest BCUT2D eigenvalue weighted by molar-refractivity contribution is 6.25. The van der Waals surface area contributed by atoms with E-state index in [0.717, 1.165) is 17.8 Å². The zero-order valence-corrected chi connectivity index (χ0v) is 18.3. The van der Waals surface area contributed by atoms with Gasteiger partial charge in [-0.05, 0) is 116 Å². The fraction of sp³-hybridized carbons (Fsp3) is 0.312. The SMILES string of the molecule is c1ccc2c(c1)-c1cc3ccc4cccc5ccc(c1C1C6CC7CC(C6)CC21C7)c3c45. The van der Waals surface area contributed by atoms with Crippen LogP contribution in [0.5, 0.6) is 0 Å². The van der Waals surface area contributed by atoms with Crippen LogP contribution >= 0.6 is 0 Å². The predicted octanol–water partition coefficient (Wildman–Crippen LogP) is 8.43. The lowest BCUT2D eigenvalue weighted by Crippen LogP contribution is -2.55. The van der Waals surface area contributed by atoms with Crippen LogP contribution in [0, 0.1) is 17.8 Å². The number of fused-ring (bicyclic) bond motifs is 4. The van der Waals surface area contributed by atoms with Gasteiger partial charge in [0, 0.05) is 5.41 Å². The van der Waals surface area contributed by atoms with Gasteiger partial charge in [0.05, 0.1) is 0 Å². The molecule has 5 aliphatic carbocycles. The molecule has 3 atom stereocenters. The zero-order valence-electron chi connectivity index (χ0n) is 18.3. The molecule has 0 heteroatoms. The van der Waals surface area contributed by atoms with Gasteiger partial charge < -0.3 is 0 Å². The molecular weight excluding hydrogens is 384 g/mol. The molecule has 0 N–H and O–H groups in total. The summed E-state index contributed by atoms with van der Waals surface area (Å²) in [6.45, 7) is 0. The molecule has 5 aliphatic rings. The van der Waals surface area contributed by atoms with E-state index in [2.05, 4.69) is 72.8 Å². The Hall–Kier alpha value is -2.86. The van der Waals surface area contributed by atoms with E-state index in [9.17, 15) is 0 Å². The lowest BCUT2D eigenvalue weighted by atomic mass is 9.40. The quantitative estimate of drug-likeness (QED) is 0.225. The fourth-order valence-electron chi connectivity index (χ4n) is 9.48. The molecule has 154 valence electrons. The first-order chi connectivity index (χ1) is 15.8. The van der Waals surface area contributed by atoms with Crippen LogP contribution in [0.1, 0.15) is 49.1 Å². The average molecular weight is 411 g/mol. The number of benzene rings is 5. The maximum atomic E-state index is 2.56. The second kappa shape index (κ2) is 5.37. The van der Waals surface area contributed by atoms with Crippen LogP contribution in [0.4, 0.5) is 0 Å². The van der Waals surface area contributed by atoms with Gasteiger partial charge in [-0.1, -0.05) is 66.7 Å². The Balaban J connectivity index is 1.49. The van der Waals surface area contributed by atoms with E-state index in [1.807, 2.05) is 0 Å². The Morgan fingerprint density at radius 3 is 2.22 bits per heavy atom. The third kappa shape index (κ3) is 1.78. The molecule has 0 nitrogen and oxygen atoms in total. The molecule has 0 heterocycles. The largest absolute Gasteiger partial charge is 0.0619 e. The van der Waals surface area contributed by atoms with Gasteiger partial charge in [-0.25, -0.2) is 0 Å². The van der Waals surface area contributed by atoms with Gasteiger partial charge in [-0.3, -0.25) is 0 Å². The van der Waals surface area contributed by atoms with Crippen LogP contribution < -0.4 is 0 Å². The van der Waals surface area contributed by atoms with Gasteiger partial charge in [0.15, 0.2) is 0 Å². The Morgan fingerprint density at radius 2 is 1.38 bits per heavy atom. The van der Waals surface area contributed by atoms with Crippen molar-refractivity contribution in [3.8, 4) is 11.1 Å². The van der Waals surface area contributed by atoms with Crippen molar-refractivity contribution in [3.05, 3.63) is 83.9 Å². The number of rotatable bonds is 0. The second-order valence-corrected chi connectivity index (χ2v) is 11.5. The molecule has 4 saturated carbocycles. The van der Waals surface area contributed by atoms with Gasteiger partial charge in [0.25, 0.3) is 0 Å². The lowest BCUT2D eigenvalue weighted by molar-refractivity contribution is -0.0284. The van der Waals surface area contributed by atoms with Crippen molar-refractivity contribution >= 4 is 32.3 Å². The highest BCUT2D eigenvalue weighted by atomic mass is 14.6. The maximum Gasteiger partial charge on any atom is 0.00361 e. The first kappa shape index (κ1) is 16.7. The first-order valence-corrected chi connectivity index (χ1v) is 12.6. The molecule has 1 spiro atoms. The van der Waals surface area contributed by atoms with E-state index in [-0.39, 0.29) is 0 Å². The van der Waals surface area contributed by atoms with Crippen LogP contribution in [0.2, 0.25) is 0 Å². The molecule has 0 amide bonds. The summed E-state index contributed by atoms with van der Waals surface area (Å²) < 4.78 is 0. The molecule has 0 radical (unpaired) electrons. The summed E-state index contributed by atoms with van der Waals surface area (Å²) in [5.74, 6) is 3.48. The van der Waals surface area contributed by atoms with Crippen molar-refractivity contribution in [2.24, 2.45) is 17.8 Å². The highest BCUT2D eigenvalue weighted by Crippen LogP contribution is 2.70. The molecule has 32 heavy (non-hydrogen) atoms. The first-order valence-electron chi connectivity index (χ1n) is 12.6. The second-order valence-electron chi connectivity index (χ2n) is 11.5. The molecule has 4 bridgehead atoms. The van der Waals surface area contributed by atoms with Crippen LogP contribution in [-0.2, 0) is 5.41 Å². The summed E-state index contributed by atoms with van der Waals surface area (Å²) in [4.78, 5) is 0. The molecule has 0 aliphatic heterocycles. The van der Waals surface area contributed by atoms with Crippen molar-refractivity contribution < 1.29 is 0 Å². The summed E-state index contributed by atoms with van der Waals surface area (Å²) in [5, 5.41) is 8.73.